The van der Waals surface area contributed by atoms with Gasteiger partial charge in [0.05, 0.1) is 18.8 Å². The Morgan fingerprint density at radius 3 is 2.66 bits per heavy atom. The molecule has 158 valence electrons. The summed E-state index contributed by atoms with van der Waals surface area (Å²) in [5.41, 5.74) is 3.11. The minimum atomic E-state index is -0.207. The molecule has 0 saturated carbocycles. The second-order valence-electron chi connectivity index (χ2n) is 8.89. The van der Waals surface area contributed by atoms with Crippen molar-refractivity contribution in [3.63, 3.8) is 0 Å². The zero-order chi connectivity index (χ0) is 20.8. The van der Waals surface area contributed by atoms with Crippen molar-refractivity contribution in [2.45, 2.75) is 33.2 Å². The summed E-state index contributed by atoms with van der Waals surface area (Å²) in [6.45, 7) is 8.07. The van der Waals surface area contributed by atoms with E-state index in [0.717, 1.165) is 49.8 Å². The minimum absolute atomic E-state index is 0.124. The molecule has 0 aromatic carbocycles. The van der Waals surface area contributed by atoms with Crippen LogP contribution in [-0.4, -0.2) is 72.9 Å². The molecule has 0 aliphatic carbocycles. The van der Waals surface area contributed by atoms with Gasteiger partial charge < -0.3 is 14.6 Å². The Balaban J connectivity index is 1.36. The molecule has 2 atom stereocenters. The van der Waals surface area contributed by atoms with Crippen LogP contribution in [0.25, 0.3) is 0 Å². The van der Waals surface area contributed by atoms with E-state index < -0.39 is 0 Å². The second kappa shape index (κ2) is 7.57. The number of hydrogen-bond donors (Lipinski definition) is 1. The minimum Gasteiger partial charge on any atom is -0.396 e. The number of aromatic nitrogens is 4. The number of likely N-dealkylation sites (tertiary alicyclic amines) is 2. The van der Waals surface area contributed by atoms with Crippen molar-refractivity contribution in [3.8, 4) is 0 Å². The molecule has 2 aromatic heterocycles. The van der Waals surface area contributed by atoms with Gasteiger partial charge in [-0.25, -0.2) is 4.98 Å². The summed E-state index contributed by atoms with van der Waals surface area (Å²) >= 11 is 0. The van der Waals surface area contributed by atoms with E-state index in [2.05, 4.69) is 21.9 Å². The van der Waals surface area contributed by atoms with Crippen LogP contribution in [0.4, 0.5) is 0 Å². The van der Waals surface area contributed by atoms with Crippen molar-refractivity contribution >= 4 is 5.91 Å². The molecule has 0 spiro atoms. The lowest BCUT2D eigenvalue weighted by Gasteiger charge is -2.27. The van der Waals surface area contributed by atoms with Gasteiger partial charge in [-0.1, -0.05) is 0 Å². The SMILES string of the molecule is Cc1nn(C)c(C)c1CCC(=O)N1CC2CN(Cc3nccn3C)CC2(CO)C1. The molecule has 1 amide bonds. The van der Waals surface area contributed by atoms with Crippen LogP contribution in [-0.2, 0) is 31.9 Å². The van der Waals surface area contributed by atoms with E-state index in [4.69, 9.17) is 0 Å². The van der Waals surface area contributed by atoms with Crippen molar-refractivity contribution in [2.75, 3.05) is 32.8 Å². The van der Waals surface area contributed by atoms with E-state index in [0.29, 0.717) is 18.9 Å². The van der Waals surface area contributed by atoms with Gasteiger partial charge in [0, 0.05) is 70.2 Å². The summed E-state index contributed by atoms with van der Waals surface area (Å²) < 4.78 is 3.92. The normalized spacial score (nSPS) is 24.4. The molecule has 4 heterocycles. The fourth-order valence-corrected chi connectivity index (χ4v) is 5.14. The number of aliphatic hydroxyl groups is 1. The number of fused-ring (bicyclic) bond motifs is 1. The summed E-state index contributed by atoms with van der Waals surface area (Å²) in [5, 5.41) is 14.7. The highest BCUT2D eigenvalue weighted by molar-refractivity contribution is 5.77. The zero-order valence-electron chi connectivity index (χ0n) is 17.9. The summed E-state index contributed by atoms with van der Waals surface area (Å²) in [4.78, 5) is 21.7. The quantitative estimate of drug-likeness (QED) is 0.771. The first-order valence-corrected chi connectivity index (χ1v) is 10.4. The summed E-state index contributed by atoms with van der Waals surface area (Å²) in [5.74, 6) is 1.54. The Hall–Kier alpha value is -2.19. The number of imidazole rings is 1. The molecule has 0 radical (unpaired) electrons. The number of nitrogens with zero attached hydrogens (tertiary/aromatic N) is 6. The largest absolute Gasteiger partial charge is 0.396 e. The van der Waals surface area contributed by atoms with Gasteiger partial charge in [-0.3, -0.25) is 14.4 Å². The highest BCUT2D eigenvalue weighted by Gasteiger charge is 2.53. The number of carbonyl (C=O) groups excluding carboxylic acids is 1. The Morgan fingerprint density at radius 1 is 1.28 bits per heavy atom. The molecule has 2 saturated heterocycles. The molecule has 2 fully saturated rings. The molecule has 8 heteroatoms. The van der Waals surface area contributed by atoms with Crippen LogP contribution in [0.3, 0.4) is 0 Å². The van der Waals surface area contributed by atoms with Gasteiger partial charge in [0.1, 0.15) is 5.82 Å². The smallest absolute Gasteiger partial charge is 0.222 e. The van der Waals surface area contributed by atoms with Crippen molar-refractivity contribution in [1.82, 2.24) is 29.1 Å². The van der Waals surface area contributed by atoms with E-state index in [9.17, 15) is 9.90 Å². The van der Waals surface area contributed by atoms with Crippen LogP contribution in [0.2, 0.25) is 0 Å². The van der Waals surface area contributed by atoms with Gasteiger partial charge in [0.15, 0.2) is 0 Å². The molecular formula is C21H32N6O2. The van der Waals surface area contributed by atoms with Crippen LogP contribution < -0.4 is 0 Å². The van der Waals surface area contributed by atoms with Crippen LogP contribution >= 0.6 is 0 Å². The first kappa shape index (κ1) is 20.1. The molecule has 2 unspecified atom stereocenters. The van der Waals surface area contributed by atoms with E-state index in [-0.39, 0.29) is 17.9 Å². The van der Waals surface area contributed by atoms with Crippen LogP contribution in [0.1, 0.15) is 29.2 Å². The predicted molar refractivity (Wildman–Crippen MR) is 109 cm³/mol. The molecule has 2 aliphatic rings. The number of aryl methyl sites for hydroxylation is 3. The average molecular weight is 401 g/mol. The Kier molecular flexibility index (Phi) is 5.25. The first-order chi connectivity index (χ1) is 13.8. The lowest BCUT2D eigenvalue weighted by atomic mass is 9.82. The number of amides is 1. The van der Waals surface area contributed by atoms with Crippen LogP contribution in [0.5, 0.6) is 0 Å². The Labute approximate surface area is 172 Å². The fourth-order valence-electron chi connectivity index (χ4n) is 5.14. The van der Waals surface area contributed by atoms with Gasteiger partial charge in [0.2, 0.25) is 5.91 Å². The van der Waals surface area contributed by atoms with Gasteiger partial charge in [-0.15, -0.1) is 0 Å². The number of rotatable bonds is 6. The summed E-state index contributed by atoms with van der Waals surface area (Å²) in [6.07, 6.45) is 5.00. The third kappa shape index (κ3) is 3.59. The van der Waals surface area contributed by atoms with E-state index in [1.807, 2.05) is 47.6 Å². The molecule has 2 aromatic rings. The van der Waals surface area contributed by atoms with E-state index >= 15 is 0 Å². The third-order valence-electron chi connectivity index (χ3n) is 7.03. The van der Waals surface area contributed by atoms with Crippen molar-refractivity contribution in [3.05, 3.63) is 35.2 Å². The number of aliphatic hydroxyl groups excluding tert-OH is 1. The van der Waals surface area contributed by atoms with E-state index in [1.165, 1.54) is 5.56 Å². The van der Waals surface area contributed by atoms with Crippen molar-refractivity contribution < 1.29 is 9.90 Å². The maximum atomic E-state index is 12.9. The van der Waals surface area contributed by atoms with Crippen molar-refractivity contribution in [1.29, 1.82) is 0 Å². The summed E-state index contributed by atoms with van der Waals surface area (Å²) in [7, 11) is 3.95. The molecule has 29 heavy (non-hydrogen) atoms. The maximum Gasteiger partial charge on any atom is 0.222 e. The Bertz CT molecular complexity index is 903. The Morgan fingerprint density at radius 2 is 2.07 bits per heavy atom. The van der Waals surface area contributed by atoms with Crippen molar-refractivity contribution in [2.24, 2.45) is 25.4 Å². The van der Waals surface area contributed by atoms with Gasteiger partial charge in [0.25, 0.3) is 0 Å². The number of carbonyl (C=O) groups is 1. The zero-order valence-corrected chi connectivity index (χ0v) is 17.9. The molecule has 0 bridgehead atoms. The summed E-state index contributed by atoms with van der Waals surface area (Å²) in [6, 6.07) is 0. The maximum absolute atomic E-state index is 12.9. The van der Waals surface area contributed by atoms with E-state index in [1.54, 1.807) is 0 Å². The third-order valence-corrected chi connectivity index (χ3v) is 7.03. The first-order valence-electron chi connectivity index (χ1n) is 10.4. The molecule has 8 nitrogen and oxygen atoms in total. The highest BCUT2D eigenvalue weighted by atomic mass is 16.3. The lowest BCUT2D eigenvalue weighted by molar-refractivity contribution is -0.130. The molecular weight excluding hydrogens is 368 g/mol. The molecule has 4 rings (SSSR count). The topological polar surface area (TPSA) is 79.4 Å². The predicted octanol–water partition coefficient (Wildman–Crippen LogP) is 0.656. The highest BCUT2D eigenvalue weighted by Crippen LogP contribution is 2.42. The standard InChI is InChI=1S/C21H32N6O2/c1-15-18(16(2)25(4)23-15)5-6-20(29)27-10-17-9-26(12-21(17,13-27)14-28)11-19-22-7-8-24(19)3/h7-8,17,28H,5-6,9-14H2,1-4H3. The molecule has 2 aliphatic heterocycles. The monoisotopic (exact) mass is 400 g/mol. The van der Waals surface area contributed by atoms with Gasteiger partial charge >= 0.3 is 0 Å². The van der Waals surface area contributed by atoms with Gasteiger partial charge in [-0.05, 0) is 31.7 Å². The molecule has 1 N–H and O–H groups in total. The van der Waals surface area contributed by atoms with Gasteiger partial charge in [-0.2, -0.15) is 5.10 Å². The number of hydrogen-bond acceptors (Lipinski definition) is 5. The second-order valence-corrected chi connectivity index (χ2v) is 8.89. The van der Waals surface area contributed by atoms with Crippen LogP contribution in [0, 0.1) is 25.2 Å². The average Bonchev–Trinajstić information content (AvgIpc) is 3.38. The van der Waals surface area contributed by atoms with Crippen LogP contribution in [0.15, 0.2) is 12.4 Å². The fraction of sp³-hybridized carbons (Fsp3) is 0.667. The lowest BCUT2D eigenvalue weighted by Crippen LogP contribution is -2.39.